The van der Waals surface area contributed by atoms with Gasteiger partial charge >= 0.3 is 0 Å². The van der Waals surface area contributed by atoms with E-state index in [4.69, 9.17) is 9.73 Å². The zero-order valence-electron chi connectivity index (χ0n) is 16.7. The Kier molecular flexibility index (Phi) is 8.01. The van der Waals surface area contributed by atoms with Gasteiger partial charge in [-0.15, -0.1) is 0 Å². The number of nitrogens with one attached hydrogen (secondary N) is 2. The van der Waals surface area contributed by atoms with Crippen LogP contribution in [0.15, 0.2) is 4.99 Å². The van der Waals surface area contributed by atoms with Crippen molar-refractivity contribution in [3.63, 3.8) is 0 Å². The molecule has 2 saturated carbocycles. The van der Waals surface area contributed by atoms with Crippen molar-refractivity contribution in [1.29, 1.82) is 0 Å². The van der Waals surface area contributed by atoms with Crippen LogP contribution in [0.4, 0.5) is 0 Å². The summed E-state index contributed by atoms with van der Waals surface area (Å²) in [4.78, 5) is 4.84. The number of hydrogen-bond donors (Lipinski definition) is 3. The van der Waals surface area contributed by atoms with Crippen LogP contribution in [0.3, 0.4) is 0 Å². The molecule has 0 aromatic rings. The van der Waals surface area contributed by atoms with Crippen molar-refractivity contribution in [2.45, 2.75) is 78.4 Å². The molecule has 2 aliphatic carbocycles. The lowest BCUT2D eigenvalue weighted by Crippen LogP contribution is -2.68. The lowest BCUT2D eigenvalue weighted by atomic mass is 9.51. The topological polar surface area (TPSA) is 65.9 Å². The van der Waals surface area contributed by atoms with E-state index in [1.165, 1.54) is 19.3 Å². The predicted octanol–water partition coefficient (Wildman–Crippen LogP) is 2.93. The standard InChI is InChI=1S/C20H39N3O2/c1-5-21-19(22-14-16(8-11-24)12-15(3)4)23-17-13-18(25-6-2)20(17)9-7-10-20/h15-18,24H,5-14H2,1-4H3,(H2,21,22,23). The van der Waals surface area contributed by atoms with Gasteiger partial charge in [0.15, 0.2) is 5.96 Å². The monoisotopic (exact) mass is 353 g/mol. The molecule has 25 heavy (non-hydrogen) atoms. The van der Waals surface area contributed by atoms with Gasteiger partial charge in [0.1, 0.15) is 0 Å². The third-order valence-electron chi connectivity index (χ3n) is 5.94. The SMILES string of the molecule is CCNC(=NCC(CCO)CC(C)C)NC1CC(OCC)C12CCC2. The molecule has 5 heteroatoms. The number of aliphatic hydroxyl groups is 1. The van der Waals surface area contributed by atoms with E-state index in [0.717, 1.165) is 44.9 Å². The van der Waals surface area contributed by atoms with Crippen molar-refractivity contribution in [1.82, 2.24) is 10.6 Å². The van der Waals surface area contributed by atoms with Crippen LogP contribution in [-0.2, 0) is 4.74 Å². The van der Waals surface area contributed by atoms with Crippen LogP contribution in [0, 0.1) is 17.3 Å². The van der Waals surface area contributed by atoms with Crippen LogP contribution in [0.25, 0.3) is 0 Å². The second-order valence-electron chi connectivity index (χ2n) is 8.19. The van der Waals surface area contributed by atoms with Crippen LogP contribution in [-0.4, -0.2) is 49.5 Å². The first-order valence-corrected chi connectivity index (χ1v) is 10.3. The van der Waals surface area contributed by atoms with E-state index in [1.807, 2.05) is 0 Å². The fourth-order valence-electron chi connectivity index (χ4n) is 4.48. The highest BCUT2D eigenvalue weighted by Crippen LogP contribution is 2.57. The molecular weight excluding hydrogens is 314 g/mol. The van der Waals surface area contributed by atoms with Crippen LogP contribution in [0.1, 0.15) is 66.2 Å². The van der Waals surface area contributed by atoms with E-state index in [1.54, 1.807) is 0 Å². The summed E-state index contributed by atoms with van der Waals surface area (Å²) < 4.78 is 5.95. The number of hydrogen-bond acceptors (Lipinski definition) is 3. The quantitative estimate of drug-likeness (QED) is 0.417. The number of guanidine groups is 1. The first-order valence-electron chi connectivity index (χ1n) is 10.3. The van der Waals surface area contributed by atoms with E-state index in [-0.39, 0.29) is 6.61 Å². The third kappa shape index (κ3) is 5.10. The Labute approximate surface area is 154 Å². The molecule has 0 saturated heterocycles. The van der Waals surface area contributed by atoms with Crippen LogP contribution in [0.5, 0.6) is 0 Å². The van der Waals surface area contributed by atoms with Crippen molar-refractivity contribution < 1.29 is 9.84 Å². The molecule has 0 radical (unpaired) electrons. The lowest BCUT2D eigenvalue weighted by Gasteiger charge is -2.61. The smallest absolute Gasteiger partial charge is 0.191 e. The average Bonchev–Trinajstić information content (AvgIpc) is 2.49. The molecule has 3 atom stereocenters. The molecule has 3 N–H and O–H groups in total. The Bertz CT molecular complexity index is 421. The molecule has 0 aliphatic heterocycles. The highest BCUT2D eigenvalue weighted by Gasteiger charge is 2.59. The predicted molar refractivity (Wildman–Crippen MR) is 104 cm³/mol. The molecule has 5 nitrogen and oxygen atoms in total. The van der Waals surface area contributed by atoms with Gasteiger partial charge in [-0.05, 0) is 57.8 Å². The molecule has 2 rings (SSSR count). The minimum atomic E-state index is 0.249. The Morgan fingerprint density at radius 3 is 2.60 bits per heavy atom. The number of rotatable bonds is 10. The zero-order chi connectivity index (χ0) is 18.3. The molecule has 0 heterocycles. The molecule has 2 aliphatic rings. The van der Waals surface area contributed by atoms with E-state index < -0.39 is 0 Å². The Balaban J connectivity index is 1.93. The minimum absolute atomic E-state index is 0.249. The largest absolute Gasteiger partial charge is 0.396 e. The second-order valence-corrected chi connectivity index (χ2v) is 8.19. The molecule has 0 bridgehead atoms. The van der Waals surface area contributed by atoms with Gasteiger partial charge in [0.05, 0.1) is 6.10 Å². The van der Waals surface area contributed by atoms with Crippen LogP contribution < -0.4 is 10.6 Å². The van der Waals surface area contributed by atoms with Crippen molar-refractivity contribution in [3.05, 3.63) is 0 Å². The summed E-state index contributed by atoms with van der Waals surface area (Å²) in [5, 5.41) is 16.4. The Morgan fingerprint density at radius 2 is 2.08 bits per heavy atom. The summed E-state index contributed by atoms with van der Waals surface area (Å²) in [5.74, 6) is 2.02. The summed E-state index contributed by atoms with van der Waals surface area (Å²) in [5.41, 5.74) is 0.342. The normalized spacial score (nSPS) is 26.2. The van der Waals surface area contributed by atoms with Crippen LogP contribution >= 0.6 is 0 Å². The number of nitrogens with zero attached hydrogens (tertiary/aromatic N) is 1. The molecule has 3 unspecified atom stereocenters. The van der Waals surface area contributed by atoms with Gasteiger partial charge in [0.25, 0.3) is 0 Å². The first kappa shape index (κ1) is 20.5. The van der Waals surface area contributed by atoms with Crippen molar-refractivity contribution in [2.75, 3.05) is 26.3 Å². The summed E-state index contributed by atoms with van der Waals surface area (Å²) in [6.07, 6.45) is 7.33. The highest BCUT2D eigenvalue weighted by atomic mass is 16.5. The maximum atomic E-state index is 9.30. The van der Waals surface area contributed by atoms with Crippen molar-refractivity contribution in [3.8, 4) is 0 Å². The Hall–Kier alpha value is -0.810. The van der Waals surface area contributed by atoms with Gasteiger partial charge in [-0.2, -0.15) is 0 Å². The first-order chi connectivity index (χ1) is 12.1. The van der Waals surface area contributed by atoms with Crippen molar-refractivity contribution in [2.24, 2.45) is 22.2 Å². The average molecular weight is 354 g/mol. The zero-order valence-corrected chi connectivity index (χ0v) is 16.7. The third-order valence-corrected chi connectivity index (χ3v) is 5.94. The van der Waals surface area contributed by atoms with Gasteiger partial charge in [0, 0.05) is 37.8 Å². The molecular formula is C20H39N3O2. The fraction of sp³-hybridized carbons (Fsp3) is 0.950. The summed E-state index contributed by atoms with van der Waals surface area (Å²) in [6.45, 7) is 11.4. The molecule has 146 valence electrons. The van der Waals surface area contributed by atoms with E-state index in [0.29, 0.717) is 29.4 Å². The molecule has 0 aromatic carbocycles. The van der Waals surface area contributed by atoms with Gasteiger partial charge in [-0.3, -0.25) is 4.99 Å². The number of aliphatic imine (C=N–C) groups is 1. The van der Waals surface area contributed by atoms with Gasteiger partial charge < -0.3 is 20.5 Å². The number of ether oxygens (including phenoxy) is 1. The molecule has 0 amide bonds. The van der Waals surface area contributed by atoms with Gasteiger partial charge in [-0.1, -0.05) is 20.3 Å². The Morgan fingerprint density at radius 1 is 1.32 bits per heavy atom. The van der Waals surface area contributed by atoms with E-state index >= 15 is 0 Å². The highest BCUT2D eigenvalue weighted by molar-refractivity contribution is 5.80. The van der Waals surface area contributed by atoms with E-state index in [2.05, 4.69) is 38.3 Å². The maximum Gasteiger partial charge on any atom is 0.191 e. The number of aliphatic hydroxyl groups excluding tert-OH is 1. The van der Waals surface area contributed by atoms with Gasteiger partial charge in [-0.25, -0.2) is 0 Å². The van der Waals surface area contributed by atoms with Gasteiger partial charge in [0.2, 0.25) is 0 Å². The summed E-state index contributed by atoms with van der Waals surface area (Å²) in [7, 11) is 0. The maximum absolute atomic E-state index is 9.30. The molecule has 2 fully saturated rings. The van der Waals surface area contributed by atoms with E-state index in [9.17, 15) is 5.11 Å². The lowest BCUT2D eigenvalue weighted by molar-refractivity contribution is -0.168. The molecule has 0 aromatic heterocycles. The van der Waals surface area contributed by atoms with Crippen molar-refractivity contribution >= 4 is 5.96 Å². The minimum Gasteiger partial charge on any atom is -0.396 e. The molecule has 1 spiro atoms. The fourth-order valence-corrected chi connectivity index (χ4v) is 4.48. The van der Waals surface area contributed by atoms with Crippen LogP contribution in [0.2, 0.25) is 0 Å². The second kappa shape index (κ2) is 9.77. The summed E-state index contributed by atoms with van der Waals surface area (Å²) >= 11 is 0. The summed E-state index contributed by atoms with van der Waals surface area (Å²) in [6, 6.07) is 0.483.